The molecule has 2 atom stereocenters. The minimum atomic E-state index is -1.92. The summed E-state index contributed by atoms with van der Waals surface area (Å²) in [5.41, 5.74) is -0.466. The molecule has 0 bridgehead atoms. The number of Topliss-reactive ketones (excluding diaryl/α,β-unsaturated/α-hetero) is 1. The second kappa shape index (κ2) is 7.00. The smallest absolute Gasteiger partial charge is 0.267 e. The van der Waals surface area contributed by atoms with Crippen LogP contribution in [-0.2, 0) is 25.3 Å². The highest BCUT2D eigenvalue weighted by Crippen LogP contribution is 2.38. The van der Waals surface area contributed by atoms with Crippen molar-refractivity contribution in [2.24, 2.45) is 0 Å². The fraction of sp³-hybridized carbons (Fsp3) is 0.524. The van der Waals surface area contributed by atoms with E-state index < -0.39 is 13.9 Å². The molecule has 2 aliphatic rings. The number of benzene rings is 1. The molecule has 1 saturated heterocycles. The molecular formula is C21H29NO4Si. The van der Waals surface area contributed by atoms with Gasteiger partial charge < -0.3 is 14.1 Å². The van der Waals surface area contributed by atoms with Crippen LogP contribution in [0.25, 0.3) is 0 Å². The summed E-state index contributed by atoms with van der Waals surface area (Å²) < 4.78 is 12.2. The summed E-state index contributed by atoms with van der Waals surface area (Å²) in [4.78, 5) is 27.2. The molecule has 1 aromatic rings. The van der Waals surface area contributed by atoms with Gasteiger partial charge in [0.25, 0.3) is 5.91 Å². The Hall–Kier alpha value is -1.76. The molecular weight excluding hydrogens is 358 g/mol. The molecule has 5 nitrogen and oxygen atoms in total. The van der Waals surface area contributed by atoms with Gasteiger partial charge in [-0.15, -0.1) is 0 Å². The number of amides is 1. The number of rotatable bonds is 5. The van der Waals surface area contributed by atoms with Gasteiger partial charge >= 0.3 is 0 Å². The average Bonchev–Trinajstić information content (AvgIpc) is 3.12. The number of ether oxygens (including phenoxy) is 1. The number of carbonyl (C=O) groups excluding carboxylic acids is 2. The number of hydrogen-bond donors (Lipinski definition) is 0. The lowest BCUT2D eigenvalue weighted by molar-refractivity contribution is -0.151. The lowest BCUT2D eigenvalue weighted by atomic mass is 10.0. The largest absolute Gasteiger partial charge is 0.414 e. The first-order chi connectivity index (χ1) is 12.6. The van der Waals surface area contributed by atoms with Crippen molar-refractivity contribution >= 4 is 20.0 Å². The molecule has 2 aliphatic heterocycles. The van der Waals surface area contributed by atoms with Crippen molar-refractivity contribution in [3.05, 3.63) is 48.0 Å². The van der Waals surface area contributed by atoms with Crippen LogP contribution in [0.4, 0.5) is 0 Å². The lowest BCUT2D eigenvalue weighted by Gasteiger charge is -2.37. The molecule has 6 heteroatoms. The average molecular weight is 388 g/mol. The van der Waals surface area contributed by atoms with Crippen LogP contribution in [0, 0.1) is 0 Å². The van der Waals surface area contributed by atoms with E-state index in [1.807, 2.05) is 30.3 Å². The van der Waals surface area contributed by atoms with Crippen LogP contribution in [0.5, 0.6) is 0 Å². The monoisotopic (exact) mass is 387 g/mol. The van der Waals surface area contributed by atoms with Crippen molar-refractivity contribution in [3.8, 4) is 0 Å². The van der Waals surface area contributed by atoms with Gasteiger partial charge in [0.05, 0.1) is 13.2 Å². The zero-order chi connectivity index (χ0) is 19.9. The minimum absolute atomic E-state index is 0.0773. The minimum Gasteiger partial charge on any atom is -0.414 e. The maximum absolute atomic E-state index is 12.9. The SMILES string of the molecule is CC(C)(C)[Si](C)(C)OC[C@@H]1C=C[C@]2(O1)C(=O)CN(Cc1ccccc1)C2=O. The number of hydrogen-bond acceptors (Lipinski definition) is 4. The van der Waals surface area contributed by atoms with E-state index in [0.717, 1.165) is 5.56 Å². The molecule has 1 aromatic carbocycles. The molecule has 1 spiro atoms. The molecule has 0 aromatic heterocycles. The van der Waals surface area contributed by atoms with E-state index in [4.69, 9.17) is 9.16 Å². The summed E-state index contributed by atoms with van der Waals surface area (Å²) in [6, 6.07) is 9.67. The van der Waals surface area contributed by atoms with Crippen LogP contribution < -0.4 is 0 Å². The summed E-state index contributed by atoms with van der Waals surface area (Å²) in [5, 5.41) is 0.0957. The van der Waals surface area contributed by atoms with Gasteiger partial charge in [-0.1, -0.05) is 57.2 Å². The van der Waals surface area contributed by atoms with Crippen molar-refractivity contribution in [2.75, 3.05) is 13.2 Å². The summed E-state index contributed by atoms with van der Waals surface area (Å²) >= 11 is 0. The van der Waals surface area contributed by atoms with Crippen molar-refractivity contribution in [1.82, 2.24) is 4.90 Å². The Morgan fingerprint density at radius 2 is 1.89 bits per heavy atom. The Kier molecular flexibility index (Phi) is 5.18. The Balaban J connectivity index is 1.65. The number of carbonyl (C=O) groups is 2. The maximum Gasteiger partial charge on any atom is 0.267 e. The van der Waals surface area contributed by atoms with Crippen LogP contribution in [0.1, 0.15) is 26.3 Å². The molecule has 146 valence electrons. The van der Waals surface area contributed by atoms with E-state index in [-0.39, 0.29) is 29.4 Å². The number of ketones is 1. The van der Waals surface area contributed by atoms with Gasteiger partial charge in [0, 0.05) is 6.54 Å². The van der Waals surface area contributed by atoms with Gasteiger partial charge in [0.15, 0.2) is 14.1 Å². The topological polar surface area (TPSA) is 55.8 Å². The van der Waals surface area contributed by atoms with E-state index in [9.17, 15) is 9.59 Å². The number of likely N-dealkylation sites (tertiary alicyclic amines) is 1. The summed E-state index contributed by atoms with van der Waals surface area (Å²) in [6.07, 6.45) is 3.06. The van der Waals surface area contributed by atoms with Gasteiger partial charge in [0.2, 0.25) is 5.60 Å². The van der Waals surface area contributed by atoms with Crippen molar-refractivity contribution in [3.63, 3.8) is 0 Å². The van der Waals surface area contributed by atoms with Crippen LogP contribution >= 0.6 is 0 Å². The summed E-state index contributed by atoms with van der Waals surface area (Å²) in [6.45, 7) is 11.7. The molecule has 0 N–H and O–H groups in total. The Labute approximate surface area is 162 Å². The van der Waals surface area contributed by atoms with E-state index in [1.165, 1.54) is 0 Å². The molecule has 1 amide bonds. The third kappa shape index (κ3) is 3.79. The second-order valence-electron chi connectivity index (χ2n) is 8.89. The van der Waals surface area contributed by atoms with Gasteiger partial charge in [-0.25, -0.2) is 0 Å². The van der Waals surface area contributed by atoms with Crippen LogP contribution in [0.3, 0.4) is 0 Å². The number of nitrogens with zero attached hydrogens (tertiary/aromatic N) is 1. The van der Waals surface area contributed by atoms with Crippen LogP contribution in [0.15, 0.2) is 42.5 Å². The van der Waals surface area contributed by atoms with Crippen LogP contribution in [0.2, 0.25) is 18.1 Å². The summed E-state index contributed by atoms with van der Waals surface area (Å²) in [7, 11) is -1.92. The molecule has 0 saturated carbocycles. The van der Waals surface area contributed by atoms with Gasteiger partial charge in [-0.2, -0.15) is 0 Å². The fourth-order valence-electron chi connectivity index (χ4n) is 3.09. The molecule has 0 radical (unpaired) electrons. The standard InChI is InChI=1S/C21H29NO4Si/c1-20(2,3)27(4,5)25-15-17-11-12-21(26-17)18(23)14-22(19(21)24)13-16-9-7-6-8-10-16/h6-12,17H,13-15H2,1-5H3/t17-,21-/m0/s1. The molecule has 0 unspecified atom stereocenters. The van der Waals surface area contributed by atoms with Crippen molar-refractivity contribution in [1.29, 1.82) is 0 Å². The highest BCUT2D eigenvalue weighted by atomic mass is 28.4. The Morgan fingerprint density at radius 3 is 2.52 bits per heavy atom. The maximum atomic E-state index is 12.9. The van der Waals surface area contributed by atoms with Gasteiger partial charge in [0.1, 0.15) is 6.10 Å². The first-order valence-electron chi connectivity index (χ1n) is 9.43. The predicted octanol–water partition coefficient (Wildman–Crippen LogP) is 3.31. The van der Waals surface area contributed by atoms with E-state index in [2.05, 4.69) is 33.9 Å². The second-order valence-corrected chi connectivity index (χ2v) is 13.7. The van der Waals surface area contributed by atoms with Gasteiger partial charge in [-0.3, -0.25) is 9.59 Å². The first-order valence-corrected chi connectivity index (χ1v) is 12.3. The fourth-order valence-corrected chi connectivity index (χ4v) is 4.10. The third-order valence-electron chi connectivity index (χ3n) is 5.87. The zero-order valence-electron chi connectivity index (χ0n) is 16.8. The van der Waals surface area contributed by atoms with Gasteiger partial charge in [-0.05, 0) is 29.8 Å². The predicted molar refractivity (Wildman–Crippen MR) is 107 cm³/mol. The third-order valence-corrected chi connectivity index (χ3v) is 10.4. The molecule has 2 heterocycles. The molecule has 3 rings (SSSR count). The highest BCUT2D eigenvalue weighted by molar-refractivity contribution is 6.74. The van der Waals surface area contributed by atoms with E-state index in [1.54, 1.807) is 17.1 Å². The Bertz CT molecular complexity index is 753. The first kappa shape index (κ1) is 20.0. The summed E-state index contributed by atoms with van der Waals surface area (Å²) in [5.74, 6) is -0.475. The molecule has 1 fully saturated rings. The van der Waals surface area contributed by atoms with Crippen LogP contribution in [-0.4, -0.2) is 49.8 Å². The van der Waals surface area contributed by atoms with E-state index in [0.29, 0.717) is 13.2 Å². The highest BCUT2D eigenvalue weighted by Gasteiger charge is 2.56. The van der Waals surface area contributed by atoms with Crippen molar-refractivity contribution < 1.29 is 18.8 Å². The Morgan fingerprint density at radius 1 is 1.22 bits per heavy atom. The van der Waals surface area contributed by atoms with E-state index >= 15 is 0 Å². The lowest BCUT2D eigenvalue weighted by Crippen LogP contribution is -2.46. The zero-order valence-corrected chi connectivity index (χ0v) is 17.8. The molecule has 0 aliphatic carbocycles. The quantitative estimate of drug-likeness (QED) is 0.442. The molecule has 27 heavy (non-hydrogen) atoms. The normalized spacial score (nSPS) is 25.8. The van der Waals surface area contributed by atoms with Crippen molar-refractivity contribution in [2.45, 2.75) is 57.2 Å².